The molecule has 0 spiro atoms. The summed E-state index contributed by atoms with van der Waals surface area (Å²) < 4.78 is 9.31. The Bertz CT molecular complexity index is 775. The third kappa shape index (κ3) is 5.25. The molecule has 1 aromatic carbocycles. The first kappa shape index (κ1) is 21.6. The fraction of sp³-hybridized carbons (Fsp3) is 0.250. The van der Waals surface area contributed by atoms with Crippen molar-refractivity contribution in [2.45, 2.75) is 6.42 Å². The number of thiazole rings is 1. The summed E-state index contributed by atoms with van der Waals surface area (Å²) in [6.45, 7) is 0.443. The van der Waals surface area contributed by atoms with Gasteiger partial charge in [0.2, 0.25) is 0 Å². The summed E-state index contributed by atoms with van der Waals surface area (Å²) in [6.07, 6.45) is 0.586. The third-order valence-corrected chi connectivity index (χ3v) is 4.08. The number of aromatic nitrogens is 1. The maximum absolute atomic E-state index is 12.3. The molecule has 0 fully saturated rings. The van der Waals surface area contributed by atoms with E-state index in [2.05, 4.69) is 19.8 Å². The van der Waals surface area contributed by atoms with Gasteiger partial charge in [0.1, 0.15) is 5.69 Å². The molecule has 0 bridgehead atoms. The predicted octanol–water partition coefficient (Wildman–Crippen LogP) is 1.89. The lowest BCUT2D eigenvalue weighted by Gasteiger charge is -2.08. The Labute approximate surface area is 160 Å². The number of hydrogen-bond donors (Lipinski definition) is 2. The summed E-state index contributed by atoms with van der Waals surface area (Å²) in [5, 5.41) is 4.98. The van der Waals surface area contributed by atoms with E-state index in [1.54, 1.807) is 5.38 Å². The van der Waals surface area contributed by atoms with Crippen molar-refractivity contribution < 1.29 is 23.9 Å². The number of amides is 1. The number of nitrogens with one attached hydrogen (secondary N) is 1. The van der Waals surface area contributed by atoms with Gasteiger partial charge in [-0.3, -0.25) is 4.79 Å². The molecule has 10 heteroatoms. The summed E-state index contributed by atoms with van der Waals surface area (Å²) in [5.41, 5.74) is 6.18. The number of methoxy groups -OCH3 is 2. The van der Waals surface area contributed by atoms with Crippen LogP contribution < -0.4 is 11.1 Å². The quantitative estimate of drug-likeness (QED) is 0.711. The van der Waals surface area contributed by atoms with Gasteiger partial charge < -0.3 is 20.5 Å². The zero-order valence-electron chi connectivity index (χ0n) is 14.1. The van der Waals surface area contributed by atoms with E-state index >= 15 is 0 Å². The minimum Gasteiger partial charge on any atom is -0.465 e. The lowest BCUT2D eigenvalue weighted by atomic mass is 10.1. The van der Waals surface area contributed by atoms with Crippen LogP contribution in [0.2, 0.25) is 0 Å². The van der Waals surface area contributed by atoms with Crippen molar-refractivity contribution in [3.05, 3.63) is 45.4 Å². The van der Waals surface area contributed by atoms with E-state index in [0.717, 1.165) is 5.01 Å². The second kappa shape index (κ2) is 9.85. The lowest BCUT2D eigenvalue weighted by Crippen LogP contribution is -2.15. The van der Waals surface area contributed by atoms with Gasteiger partial charge in [-0.2, -0.15) is 0 Å². The number of nitrogens with two attached hydrogens (primary N) is 1. The molecule has 0 aliphatic heterocycles. The largest absolute Gasteiger partial charge is 0.465 e. The van der Waals surface area contributed by atoms with Crippen LogP contribution in [-0.2, 0) is 15.9 Å². The van der Waals surface area contributed by atoms with Crippen molar-refractivity contribution in [1.82, 2.24) is 4.98 Å². The number of carbonyl (C=O) groups is 3. The van der Waals surface area contributed by atoms with Crippen molar-refractivity contribution >= 4 is 47.3 Å². The molecule has 1 aromatic heterocycles. The maximum atomic E-state index is 12.3. The first-order valence-corrected chi connectivity index (χ1v) is 8.14. The van der Waals surface area contributed by atoms with Gasteiger partial charge in [-0.1, -0.05) is 0 Å². The van der Waals surface area contributed by atoms with E-state index in [4.69, 9.17) is 5.73 Å². The topological polar surface area (TPSA) is 121 Å². The number of ether oxygens (including phenoxy) is 2. The van der Waals surface area contributed by atoms with Gasteiger partial charge in [0.15, 0.2) is 0 Å². The van der Waals surface area contributed by atoms with Crippen LogP contribution >= 0.6 is 23.7 Å². The molecule has 0 radical (unpaired) electrons. The van der Waals surface area contributed by atoms with E-state index in [-0.39, 0.29) is 34.9 Å². The molecule has 0 aliphatic rings. The zero-order chi connectivity index (χ0) is 18.4. The summed E-state index contributed by atoms with van der Waals surface area (Å²) in [5.74, 6) is -1.74. The lowest BCUT2D eigenvalue weighted by molar-refractivity contribution is 0.0599. The van der Waals surface area contributed by atoms with E-state index in [0.29, 0.717) is 13.0 Å². The van der Waals surface area contributed by atoms with Gasteiger partial charge in [-0.25, -0.2) is 14.6 Å². The van der Waals surface area contributed by atoms with Crippen molar-refractivity contribution in [1.29, 1.82) is 0 Å². The molecule has 8 nitrogen and oxygen atoms in total. The molecular weight excluding hydrogens is 382 g/mol. The third-order valence-electron chi connectivity index (χ3n) is 3.18. The van der Waals surface area contributed by atoms with Crippen molar-refractivity contribution in [2.24, 2.45) is 5.73 Å². The van der Waals surface area contributed by atoms with Crippen molar-refractivity contribution in [2.75, 3.05) is 26.1 Å². The zero-order valence-corrected chi connectivity index (χ0v) is 15.7. The number of nitrogens with zero attached hydrogens (tertiary/aromatic N) is 1. The first-order chi connectivity index (χ1) is 12.0. The summed E-state index contributed by atoms with van der Waals surface area (Å²) in [4.78, 5) is 40.0. The van der Waals surface area contributed by atoms with Crippen molar-refractivity contribution in [3.63, 3.8) is 0 Å². The van der Waals surface area contributed by atoms with E-state index in [9.17, 15) is 14.4 Å². The first-order valence-electron chi connectivity index (χ1n) is 7.26. The number of anilines is 1. The summed E-state index contributed by atoms with van der Waals surface area (Å²) in [6, 6.07) is 4.14. The van der Waals surface area contributed by atoms with Crippen LogP contribution in [0.4, 0.5) is 5.69 Å². The van der Waals surface area contributed by atoms with Crippen LogP contribution in [0.3, 0.4) is 0 Å². The molecule has 0 aliphatic carbocycles. The van der Waals surface area contributed by atoms with Crippen LogP contribution in [0.25, 0.3) is 0 Å². The maximum Gasteiger partial charge on any atom is 0.337 e. The van der Waals surface area contributed by atoms with Crippen LogP contribution in [0.5, 0.6) is 0 Å². The highest BCUT2D eigenvalue weighted by atomic mass is 35.5. The number of carbonyl (C=O) groups excluding carboxylic acids is 3. The van der Waals surface area contributed by atoms with Crippen LogP contribution in [0.1, 0.15) is 36.2 Å². The molecule has 0 unspecified atom stereocenters. The van der Waals surface area contributed by atoms with Crippen LogP contribution in [0, 0.1) is 0 Å². The highest BCUT2D eigenvalue weighted by Gasteiger charge is 2.16. The Balaban J connectivity index is 0.00000338. The monoisotopic (exact) mass is 399 g/mol. The smallest absolute Gasteiger partial charge is 0.337 e. The second-order valence-electron chi connectivity index (χ2n) is 4.90. The average molecular weight is 400 g/mol. The van der Waals surface area contributed by atoms with Crippen molar-refractivity contribution in [3.8, 4) is 0 Å². The molecule has 1 heterocycles. The number of benzene rings is 1. The Hall–Kier alpha value is -2.49. The van der Waals surface area contributed by atoms with Gasteiger partial charge in [-0.15, -0.1) is 23.7 Å². The molecule has 0 saturated carbocycles. The fourth-order valence-corrected chi connectivity index (χ4v) is 2.81. The average Bonchev–Trinajstić information content (AvgIpc) is 3.09. The predicted molar refractivity (Wildman–Crippen MR) is 99.2 cm³/mol. The molecule has 1 amide bonds. The number of halogens is 1. The molecular formula is C16H18ClN3O5S. The summed E-state index contributed by atoms with van der Waals surface area (Å²) >= 11 is 1.34. The highest BCUT2D eigenvalue weighted by Crippen LogP contribution is 2.19. The van der Waals surface area contributed by atoms with Gasteiger partial charge in [-0.05, 0) is 24.7 Å². The van der Waals surface area contributed by atoms with Gasteiger partial charge in [0, 0.05) is 17.5 Å². The standard InChI is InChI=1S/C16H17N3O5S.ClH/c1-23-15(21)9-5-10(16(22)24-2)7-11(6-9)18-14(20)12-8-25-13(19-12)3-4-17;/h5-8H,3-4,17H2,1-2H3,(H,18,20);1H. The summed E-state index contributed by atoms with van der Waals surface area (Å²) in [7, 11) is 2.44. The van der Waals surface area contributed by atoms with Gasteiger partial charge in [0.05, 0.1) is 30.4 Å². The Kier molecular flexibility index (Phi) is 8.17. The molecule has 26 heavy (non-hydrogen) atoms. The van der Waals surface area contributed by atoms with Gasteiger partial charge >= 0.3 is 11.9 Å². The molecule has 3 N–H and O–H groups in total. The number of esters is 2. The number of hydrogen-bond acceptors (Lipinski definition) is 8. The van der Waals surface area contributed by atoms with Gasteiger partial charge in [0.25, 0.3) is 5.91 Å². The molecule has 0 saturated heterocycles. The molecule has 2 aromatic rings. The minimum atomic E-state index is -0.639. The minimum absolute atomic E-state index is 0. The fourth-order valence-electron chi connectivity index (χ4n) is 2.02. The Morgan fingerprint density at radius 2 is 1.69 bits per heavy atom. The van der Waals surface area contributed by atoms with Crippen LogP contribution in [0.15, 0.2) is 23.6 Å². The second-order valence-corrected chi connectivity index (χ2v) is 5.84. The normalized spacial score (nSPS) is 9.81. The van der Waals surface area contributed by atoms with E-state index in [1.807, 2.05) is 0 Å². The van der Waals surface area contributed by atoms with E-state index < -0.39 is 17.8 Å². The van der Waals surface area contributed by atoms with E-state index in [1.165, 1.54) is 43.8 Å². The molecule has 0 atom stereocenters. The molecule has 2 rings (SSSR count). The Morgan fingerprint density at radius 3 is 2.19 bits per heavy atom. The Morgan fingerprint density at radius 1 is 1.12 bits per heavy atom. The molecule has 140 valence electrons. The highest BCUT2D eigenvalue weighted by molar-refractivity contribution is 7.09. The SMILES string of the molecule is COC(=O)c1cc(NC(=O)c2csc(CCN)n2)cc(C(=O)OC)c1.Cl. The van der Waals surface area contributed by atoms with Crippen LogP contribution in [-0.4, -0.2) is 43.6 Å². The number of rotatable bonds is 6.